The maximum absolute atomic E-state index is 12.7. The highest BCUT2D eigenvalue weighted by Gasteiger charge is 2.26. The van der Waals surface area contributed by atoms with Gasteiger partial charge in [0.2, 0.25) is 11.6 Å². The molecule has 0 unspecified atom stereocenters. The number of ether oxygens (including phenoxy) is 1. The first-order valence-electron chi connectivity index (χ1n) is 9.27. The molecule has 0 aliphatic carbocycles. The SMILES string of the molecule is Cn1cc([N+](=O)[O-])c(C(=O)Nc2nc3ccccc3n2CCN2CCOCC2)n1. The quantitative estimate of drug-likeness (QED) is 0.489. The normalized spacial score (nSPS) is 14.9. The van der Waals surface area contributed by atoms with E-state index in [4.69, 9.17) is 4.74 Å². The number of aromatic nitrogens is 4. The van der Waals surface area contributed by atoms with E-state index in [1.54, 1.807) is 0 Å². The summed E-state index contributed by atoms with van der Waals surface area (Å²) in [4.78, 5) is 30.1. The number of aryl methyl sites for hydroxylation is 1. The summed E-state index contributed by atoms with van der Waals surface area (Å²) in [5, 5.41) is 17.8. The van der Waals surface area contributed by atoms with Gasteiger partial charge in [-0.3, -0.25) is 29.8 Å². The summed E-state index contributed by atoms with van der Waals surface area (Å²) >= 11 is 0. The molecule has 4 rings (SSSR count). The van der Waals surface area contributed by atoms with E-state index in [0.717, 1.165) is 30.7 Å². The number of carbonyl (C=O) groups excluding carboxylic acids is 1. The number of benzene rings is 1. The maximum Gasteiger partial charge on any atom is 0.320 e. The van der Waals surface area contributed by atoms with Gasteiger partial charge >= 0.3 is 5.69 Å². The Morgan fingerprint density at radius 1 is 1.28 bits per heavy atom. The first-order chi connectivity index (χ1) is 14.0. The van der Waals surface area contributed by atoms with Gasteiger partial charge in [-0.25, -0.2) is 4.98 Å². The lowest BCUT2D eigenvalue weighted by Crippen LogP contribution is -2.38. The van der Waals surface area contributed by atoms with Crippen molar-refractivity contribution in [1.29, 1.82) is 0 Å². The van der Waals surface area contributed by atoms with Crippen LogP contribution in [-0.2, 0) is 18.3 Å². The zero-order valence-corrected chi connectivity index (χ0v) is 15.9. The molecule has 0 atom stereocenters. The molecule has 0 saturated carbocycles. The standard InChI is InChI=1S/C18H21N7O4/c1-22-12-15(25(27)28)16(21-22)17(26)20-18-19-13-4-2-3-5-14(13)24(18)7-6-23-8-10-29-11-9-23/h2-5,12H,6-11H2,1H3,(H,19,20,26). The number of hydrogen-bond donors (Lipinski definition) is 1. The molecule has 0 radical (unpaired) electrons. The molecule has 1 fully saturated rings. The summed E-state index contributed by atoms with van der Waals surface area (Å²) in [6.07, 6.45) is 1.20. The highest BCUT2D eigenvalue weighted by Crippen LogP contribution is 2.22. The molecule has 1 aliphatic rings. The van der Waals surface area contributed by atoms with Crippen LogP contribution in [0.5, 0.6) is 0 Å². The van der Waals surface area contributed by atoms with Gasteiger partial charge in [0, 0.05) is 33.2 Å². The van der Waals surface area contributed by atoms with Gasteiger partial charge in [-0.05, 0) is 12.1 Å². The van der Waals surface area contributed by atoms with Gasteiger partial charge in [0.25, 0.3) is 5.91 Å². The van der Waals surface area contributed by atoms with Crippen molar-refractivity contribution < 1.29 is 14.5 Å². The largest absolute Gasteiger partial charge is 0.379 e. The van der Waals surface area contributed by atoms with E-state index in [1.165, 1.54) is 17.9 Å². The number of morpholine rings is 1. The van der Waals surface area contributed by atoms with E-state index in [9.17, 15) is 14.9 Å². The van der Waals surface area contributed by atoms with Gasteiger partial charge in [-0.15, -0.1) is 0 Å². The number of carbonyl (C=O) groups is 1. The Hall–Kier alpha value is -3.31. The van der Waals surface area contributed by atoms with Crippen molar-refractivity contribution in [2.24, 2.45) is 7.05 Å². The van der Waals surface area contributed by atoms with Gasteiger partial charge in [0.1, 0.15) is 6.20 Å². The lowest BCUT2D eigenvalue weighted by molar-refractivity contribution is -0.385. The molecule has 1 aliphatic heterocycles. The van der Waals surface area contributed by atoms with Crippen LogP contribution >= 0.6 is 0 Å². The van der Waals surface area contributed by atoms with Gasteiger partial charge in [-0.1, -0.05) is 12.1 Å². The number of para-hydroxylation sites is 2. The second kappa shape index (κ2) is 7.97. The van der Waals surface area contributed by atoms with Gasteiger partial charge in [0.05, 0.1) is 29.2 Å². The number of amides is 1. The van der Waals surface area contributed by atoms with Crippen molar-refractivity contribution in [3.63, 3.8) is 0 Å². The van der Waals surface area contributed by atoms with Crippen LogP contribution in [0.4, 0.5) is 11.6 Å². The van der Waals surface area contributed by atoms with Gasteiger partial charge in [0.15, 0.2) is 0 Å². The van der Waals surface area contributed by atoms with Crippen molar-refractivity contribution in [3.05, 3.63) is 46.3 Å². The average molecular weight is 399 g/mol. The number of rotatable bonds is 6. The van der Waals surface area contributed by atoms with Gasteiger partial charge < -0.3 is 9.30 Å². The van der Waals surface area contributed by atoms with Crippen LogP contribution in [0.25, 0.3) is 11.0 Å². The summed E-state index contributed by atoms with van der Waals surface area (Å²) in [6, 6.07) is 7.57. The molecule has 1 amide bonds. The predicted octanol–water partition coefficient (Wildman–Crippen LogP) is 1.26. The third kappa shape index (κ3) is 3.96. The average Bonchev–Trinajstić information content (AvgIpc) is 3.27. The Balaban J connectivity index is 1.61. The minimum absolute atomic E-state index is 0.246. The second-order valence-corrected chi connectivity index (χ2v) is 6.78. The third-order valence-corrected chi connectivity index (χ3v) is 4.84. The van der Waals surface area contributed by atoms with Crippen LogP contribution in [-0.4, -0.2) is 67.9 Å². The Morgan fingerprint density at radius 2 is 2.03 bits per heavy atom. The molecule has 152 valence electrons. The van der Waals surface area contributed by atoms with Crippen molar-refractivity contribution in [2.75, 3.05) is 38.2 Å². The van der Waals surface area contributed by atoms with E-state index >= 15 is 0 Å². The Morgan fingerprint density at radius 3 is 2.79 bits per heavy atom. The van der Waals surface area contributed by atoms with Crippen LogP contribution < -0.4 is 5.32 Å². The molecular formula is C18H21N7O4. The highest BCUT2D eigenvalue weighted by atomic mass is 16.6. The number of hydrogen-bond acceptors (Lipinski definition) is 7. The Labute approximate surface area is 166 Å². The second-order valence-electron chi connectivity index (χ2n) is 6.78. The molecule has 1 aromatic carbocycles. The molecule has 1 N–H and O–H groups in total. The summed E-state index contributed by atoms with van der Waals surface area (Å²) in [5.74, 6) is -0.329. The van der Waals surface area contributed by atoms with Gasteiger partial charge in [-0.2, -0.15) is 5.10 Å². The fourth-order valence-electron chi connectivity index (χ4n) is 3.40. The summed E-state index contributed by atoms with van der Waals surface area (Å²) < 4.78 is 8.54. The number of nitrogens with zero attached hydrogens (tertiary/aromatic N) is 6. The van der Waals surface area contributed by atoms with E-state index in [2.05, 4.69) is 20.3 Å². The number of anilines is 1. The molecule has 11 heteroatoms. The number of fused-ring (bicyclic) bond motifs is 1. The molecule has 3 aromatic rings. The molecule has 3 heterocycles. The summed E-state index contributed by atoms with van der Waals surface area (Å²) in [5.41, 5.74) is 1.03. The number of nitrogens with one attached hydrogen (secondary N) is 1. The van der Waals surface area contributed by atoms with Crippen molar-refractivity contribution in [1.82, 2.24) is 24.2 Å². The molecule has 2 aromatic heterocycles. The number of nitro groups is 1. The third-order valence-electron chi connectivity index (χ3n) is 4.84. The molecule has 0 spiro atoms. The fraction of sp³-hybridized carbons (Fsp3) is 0.389. The molecule has 1 saturated heterocycles. The highest BCUT2D eigenvalue weighted by molar-refractivity contribution is 6.05. The lowest BCUT2D eigenvalue weighted by Gasteiger charge is -2.26. The molecular weight excluding hydrogens is 378 g/mol. The van der Waals surface area contributed by atoms with Crippen LogP contribution in [0.1, 0.15) is 10.5 Å². The predicted molar refractivity (Wildman–Crippen MR) is 105 cm³/mol. The van der Waals surface area contributed by atoms with E-state index in [-0.39, 0.29) is 11.4 Å². The smallest absolute Gasteiger partial charge is 0.320 e. The monoisotopic (exact) mass is 399 g/mol. The number of imidazole rings is 1. The first kappa shape index (κ1) is 19.0. The van der Waals surface area contributed by atoms with Crippen molar-refractivity contribution in [2.45, 2.75) is 6.54 Å². The first-order valence-corrected chi connectivity index (χ1v) is 9.27. The maximum atomic E-state index is 12.7. The van der Waals surface area contributed by atoms with Crippen LogP contribution in [0.15, 0.2) is 30.5 Å². The Kier molecular flexibility index (Phi) is 5.23. The minimum atomic E-state index is -0.666. The van der Waals surface area contributed by atoms with E-state index in [1.807, 2.05) is 28.8 Å². The fourth-order valence-corrected chi connectivity index (χ4v) is 3.40. The van der Waals surface area contributed by atoms with Crippen LogP contribution in [0.3, 0.4) is 0 Å². The molecule has 0 bridgehead atoms. The zero-order valence-electron chi connectivity index (χ0n) is 15.9. The topological polar surface area (TPSA) is 120 Å². The van der Waals surface area contributed by atoms with Crippen LogP contribution in [0, 0.1) is 10.1 Å². The Bertz CT molecular complexity index is 1050. The minimum Gasteiger partial charge on any atom is -0.379 e. The van der Waals surface area contributed by atoms with Crippen molar-refractivity contribution >= 4 is 28.6 Å². The van der Waals surface area contributed by atoms with Crippen molar-refractivity contribution in [3.8, 4) is 0 Å². The van der Waals surface area contributed by atoms with E-state index < -0.39 is 10.8 Å². The van der Waals surface area contributed by atoms with E-state index in [0.29, 0.717) is 25.7 Å². The summed E-state index contributed by atoms with van der Waals surface area (Å²) in [7, 11) is 1.53. The molecule has 11 nitrogen and oxygen atoms in total. The molecule has 29 heavy (non-hydrogen) atoms. The summed E-state index contributed by atoms with van der Waals surface area (Å²) in [6.45, 7) is 4.51. The zero-order chi connectivity index (χ0) is 20.4. The van der Waals surface area contributed by atoms with Crippen LogP contribution in [0.2, 0.25) is 0 Å². The lowest BCUT2D eigenvalue weighted by atomic mass is 10.3.